The molecule has 1 unspecified atom stereocenters. The Bertz CT molecular complexity index is 170. The summed E-state index contributed by atoms with van der Waals surface area (Å²) in [6, 6.07) is 0.753. The maximum absolute atomic E-state index is 2.63. The van der Waals surface area contributed by atoms with E-state index in [0.717, 1.165) is 17.4 Å². The van der Waals surface area contributed by atoms with Crippen molar-refractivity contribution in [3.8, 4) is 0 Å². The number of nitrogens with zero attached hydrogens (tertiary/aromatic N) is 1. The lowest BCUT2D eigenvalue weighted by atomic mass is 9.83. The summed E-state index contributed by atoms with van der Waals surface area (Å²) >= 11 is 0. The number of likely N-dealkylation sites (tertiary alicyclic amines) is 1. The Morgan fingerprint density at radius 3 is 2.33 bits per heavy atom. The summed E-state index contributed by atoms with van der Waals surface area (Å²) in [6.07, 6.45) is 4.49. The van der Waals surface area contributed by atoms with Crippen LogP contribution in [0.2, 0.25) is 0 Å². The normalized spacial score (nSPS) is 34.5. The van der Waals surface area contributed by atoms with Crippen LogP contribution in [0.15, 0.2) is 0 Å². The molecule has 2 fully saturated rings. The Kier molecular flexibility index (Phi) is 1.95. The third-order valence-electron chi connectivity index (χ3n) is 4.07. The van der Waals surface area contributed by atoms with Gasteiger partial charge in [-0.15, -0.1) is 0 Å². The molecule has 1 heteroatoms. The molecule has 1 nitrogen and oxygen atoms in total. The van der Waals surface area contributed by atoms with Crippen molar-refractivity contribution in [3.63, 3.8) is 0 Å². The molecule has 0 N–H and O–H groups in total. The largest absolute Gasteiger partial charge is 0.301 e. The van der Waals surface area contributed by atoms with Gasteiger partial charge in [-0.1, -0.05) is 6.92 Å². The lowest BCUT2D eigenvalue weighted by Gasteiger charge is -2.39. The van der Waals surface area contributed by atoms with Crippen molar-refractivity contribution in [3.05, 3.63) is 0 Å². The number of hydrogen-bond donors (Lipinski definition) is 0. The molecule has 12 heavy (non-hydrogen) atoms. The smallest absolute Gasteiger partial charge is 0.00387 e. The highest BCUT2D eigenvalue weighted by Crippen LogP contribution is 2.56. The molecular formula is C11H21N. The molecule has 2 aliphatic rings. The van der Waals surface area contributed by atoms with E-state index >= 15 is 0 Å². The zero-order valence-corrected chi connectivity index (χ0v) is 8.64. The molecule has 1 saturated heterocycles. The van der Waals surface area contributed by atoms with Crippen molar-refractivity contribution in [2.24, 2.45) is 11.3 Å². The van der Waals surface area contributed by atoms with Crippen molar-refractivity contribution in [1.82, 2.24) is 4.90 Å². The van der Waals surface area contributed by atoms with Gasteiger partial charge in [0.1, 0.15) is 0 Å². The average molecular weight is 167 g/mol. The van der Waals surface area contributed by atoms with Crippen LogP contribution in [0.4, 0.5) is 0 Å². The maximum atomic E-state index is 2.63. The highest BCUT2D eigenvalue weighted by molar-refractivity contribution is 5.01. The molecule has 0 aromatic carbocycles. The van der Waals surface area contributed by atoms with Gasteiger partial charge < -0.3 is 4.90 Å². The van der Waals surface area contributed by atoms with Gasteiger partial charge in [0, 0.05) is 12.6 Å². The van der Waals surface area contributed by atoms with Crippen molar-refractivity contribution in [2.75, 3.05) is 13.1 Å². The monoisotopic (exact) mass is 167 g/mol. The van der Waals surface area contributed by atoms with Crippen molar-refractivity contribution in [2.45, 2.75) is 46.1 Å². The molecule has 2 rings (SSSR count). The van der Waals surface area contributed by atoms with E-state index in [4.69, 9.17) is 0 Å². The molecule has 1 heterocycles. The van der Waals surface area contributed by atoms with Crippen LogP contribution in [0.3, 0.4) is 0 Å². The van der Waals surface area contributed by atoms with Gasteiger partial charge in [-0.3, -0.25) is 0 Å². The van der Waals surface area contributed by atoms with Crippen LogP contribution in [-0.2, 0) is 0 Å². The molecule has 1 aliphatic carbocycles. The number of hydrogen-bond acceptors (Lipinski definition) is 1. The predicted octanol–water partition coefficient (Wildman–Crippen LogP) is 2.52. The minimum absolute atomic E-state index is 0.753. The molecule has 0 aromatic rings. The van der Waals surface area contributed by atoms with Crippen LogP contribution in [0.1, 0.15) is 40.0 Å². The van der Waals surface area contributed by atoms with Crippen LogP contribution in [-0.4, -0.2) is 24.0 Å². The van der Waals surface area contributed by atoms with E-state index in [1.807, 2.05) is 0 Å². The van der Waals surface area contributed by atoms with Gasteiger partial charge in [-0.05, 0) is 51.0 Å². The first-order chi connectivity index (χ1) is 5.64. The molecule has 70 valence electrons. The number of rotatable bonds is 1. The lowest BCUT2D eigenvalue weighted by molar-refractivity contribution is 0.0897. The fraction of sp³-hybridized carbons (Fsp3) is 1.00. The van der Waals surface area contributed by atoms with Crippen LogP contribution in [0.5, 0.6) is 0 Å². The standard InChI is InChI=1S/C11H21N/c1-9(2)12-7-6-11(4-5-11)10(3)8-12/h9-10H,4-8H2,1-3H3. The second-order valence-electron chi connectivity index (χ2n) is 5.10. The molecular weight excluding hydrogens is 146 g/mol. The van der Waals surface area contributed by atoms with E-state index in [-0.39, 0.29) is 0 Å². The highest BCUT2D eigenvalue weighted by atomic mass is 15.2. The van der Waals surface area contributed by atoms with E-state index in [9.17, 15) is 0 Å². The van der Waals surface area contributed by atoms with E-state index in [1.54, 1.807) is 0 Å². The zero-order chi connectivity index (χ0) is 8.77. The summed E-state index contributed by atoms with van der Waals surface area (Å²) in [5.41, 5.74) is 0.811. The van der Waals surface area contributed by atoms with Gasteiger partial charge in [0.2, 0.25) is 0 Å². The first-order valence-electron chi connectivity index (χ1n) is 5.38. The minimum atomic E-state index is 0.753. The molecule has 0 radical (unpaired) electrons. The minimum Gasteiger partial charge on any atom is -0.301 e. The van der Waals surface area contributed by atoms with Gasteiger partial charge in [0.15, 0.2) is 0 Å². The Morgan fingerprint density at radius 1 is 1.25 bits per heavy atom. The second-order valence-corrected chi connectivity index (χ2v) is 5.10. The Hall–Kier alpha value is -0.0400. The molecule has 1 saturated carbocycles. The SMILES string of the molecule is CC(C)N1CCC2(CC2)C(C)C1. The van der Waals surface area contributed by atoms with Gasteiger partial charge in [0.05, 0.1) is 0 Å². The summed E-state index contributed by atoms with van der Waals surface area (Å²) in [6.45, 7) is 9.77. The van der Waals surface area contributed by atoms with Crippen LogP contribution in [0, 0.1) is 11.3 Å². The molecule has 1 spiro atoms. The Morgan fingerprint density at radius 2 is 1.92 bits per heavy atom. The van der Waals surface area contributed by atoms with Crippen molar-refractivity contribution >= 4 is 0 Å². The van der Waals surface area contributed by atoms with Gasteiger partial charge in [-0.2, -0.15) is 0 Å². The molecule has 0 aromatic heterocycles. The summed E-state index contributed by atoms with van der Waals surface area (Å²) in [5, 5.41) is 0. The van der Waals surface area contributed by atoms with E-state index in [1.165, 1.54) is 32.4 Å². The third kappa shape index (κ3) is 1.28. The summed E-state index contributed by atoms with van der Waals surface area (Å²) < 4.78 is 0. The van der Waals surface area contributed by atoms with Crippen molar-refractivity contribution < 1.29 is 0 Å². The van der Waals surface area contributed by atoms with Gasteiger partial charge in [0.25, 0.3) is 0 Å². The van der Waals surface area contributed by atoms with Gasteiger partial charge in [-0.25, -0.2) is 0 Å². The Balaban J connectivity index is 1.94. The fourth-order valence-electron chi connectivity index (χ4n) is 2.62. The fourth-order valence-corrected chi connectivity index (χ4v) is 2.62. The predicted molar refractivity (Wildman–Crippen MR) is 52.2 cm³/mol. The van der Waals surface area contributed by atoms with Crippen LogP contribution >= 0.6 is 0 Å². The summed E-state index contributed by atoms with van der Waals surface area (Å²) in [7, 11) is 0. The van der Waals surface area contributed by atoms with Crippen molar-refractivity contribution in [1.29, 1.82) is 0 Å². The summed E-state index contributed by atoms with van der Waals surface area (Å²) in [4.78, 5) is 2.63. The third-order valence-corrected chi connectivity index (χ3v) is 4.07. The quantitative estimate of drug-likeness (QED) is 0.580. The topological polar surface area (TPSA) is 3.24 Å². The lowest BCUT2D eigenvalue weighted by Crippen LogP contribution is -2.43. The Labute approximate surface area is 76.1 Å². The van der Waals surface area contributed by atoms with Gasteiger partial charge >= 0.3 is 0 Å². The first kappa shape index (κ1) is 8.55. The average Bonchev–Trinajstić information content (AvgIpc) is 2.76. The second kappa shape index (κ2) is 2.73. The number of piperidine rings is 1. The van der Waals surface area contributed by atoms with E-state index in [2.05, 4.69) is 25.7 Å². The highest BCUT2D eigenvalue weighted by Gasteiger charge is 2.49. The summed E-state index contributed by atoms with van der Waals surface area (Å²) in [5.74, 6) is 0.952. The molecule has 0 bridgehead atoms. The maximum Gasteiger partial charge on any atom is 0.00387 e. The first-order valence-corrected chi connectivity index (χ1v) is 5.38. The molecule has 1 atom stereocenters. The van der Waals surface area contributed by atoms with E-state index in [0.29, 0.717) is 0 Å². The van der Waals surface area contributed by atoms with Crippen LogP contribution < -0.4 is 0 Å². The van der Waals surface area contributed by atoms with Crippen LogP contribution in [0.25, 0.3) is 0 Å². The van der Waals surface area contributed by atoms with E-state index < -0.39 is 0 Å². The zero-order valence-electron chi connectivity index (χ0n) is 8.64. The molecule has 0 amide bonds. The molecule has 1 aliphatic heterocycles.